The Kier molecular flexibility index (Phi) is 177. The molecule has 7 heteroatoms. The predicted molar refractivity (Wildman–Crippen MR) is 46.7 cm³/mol. The van der Waals surface area contributed by atoms with Gasteiger partial charge in [0.25, 0.3) is 11.9 Å². The zero-order valence-electron chi connectivity index (χ0n) is 8.42. The van der Waals surface area contributed by atoms with Crippen LogP contribution in [0.4, 0.5) is 0 Å². The molecule has 13 heavy (non-hydrogen) atoms. The first-order valence-electron chi connectivity index (χ1n) is 1.86. The Morgan fingerprint density at radius 1 is 0.846 bits per heavy atom. The van der Waals surface area contributed by atoms with Crippen LogP contribution in [0, 0.1) is 14.9 Å². The number of hydrogen-bond donors (Lipinski definition) is 2. The van der Waals surface area contributed by atoms with Crippen molar-refractivity contribution in [1.29, 1.82) is 0 Å². The predicted octanol–water partition coefficient (Wildman–Crippen LogP) is -0.570. The Labute approximate surface area is 91.3 Å². The summed E-state index contributed by atoms with van der Waals surface area (Å²) < 4.78 is 0. The number of aliphatic carboxylic acids is 2. The molecule has 0 saturated carbocycles. The van der Waals surface area contributed by atoms with Crippen molar-refractivity contribution >= 4 is 11.9 Å². The number of rotatable bonds is 0. The molecule has 0 heterocycles. The summed E-state index contributed by atoms with van der Waals surface area (Å²) in [6, 6.07) is 0. The first-order chi connectivity index (χ1) is 3.46. The van der Waals surface area contributed by atoms with Gasteiger partial charge in [-0.15, -0.1) is 0 Å². The average molecular weight is 252 g/mol. The number of carboxylic acids is 2. The molecule has 0 amide bonds. The largest absolute Gasteiger partial charge is 2.00 e. The molecular weight excluding hydrogens is 233 g/mol. The molecule has 0 atom stereocenters. The number of carbonyl (C=O) groups is 2. The van der Waals surface area contributed by atoms with E-state index in [1.165, 1.54) is 0 Å². The van der Waals surface area contributed by atoms with Crippen molar-refractivity contribution in [3.8, 4) is 0 Å². The molecule has 80 valence electrons. The molecule has 0 radical (unpaired) electrons. The average Bonchev–Trinajstić information content (AvgIpc) is 1.25. The topological polar surface area (TPSA) is 138 Å². The third kappa shape index (κ3) is 3870. The summed E-state index contributed by atoms with van der Waals surface area (Å²) in [6.07, 6.45) is 0. The van der Waals surface area contributed by atoms with Crippen molar-refractivity contribution in [3.05, 3.63) is 14.9 Å². The van der Waals surface area contributed by atoms with E-state index in [0.717, 1.165) is 13.8 Å². The Morgan fingerprint density at radius 2 is 0.846 bits per heavy atom. The first-order valence-corrected chi connectivity index (χ1v) is 1.86. The molecule has 0 bridgehead atoms. The SMILES string of the molecule is CC(=O)O.CC(=O)O.O.O.[CH3-].[CH3-].[Zn+2]. The Hall–Kier alpha value is -0.517. The van der Waals surface area contributed by atoms with Crippen LogP contribution in [0.5, 0.6) is 0 Å². The molecule has 0 aromatic rings. The van der Waals surface area contributed by atoms with Crippen LogP contribution in [0.1, 0.15) is 13.8 Å². The van der Waals surface area contributed by atoms with Gasteiger partial charge in [-0.2, -0.15) is 0 Å². The van der Waals surface area contributed by atoms with Gasteiger partial charge in [-0.3, -0.25) is 9.59 Å². The zero-order valence-corrected chi connectivity index (χ0v) is 11.4. The normalized spacial score (nSPS) is 3.85. The minimum absolute atomic E-state index is 0. The van der Waals surface area contributed by atoms with Crippen molar-refractivity contribution in [2.24, 2.45) is 0 Å². The van der Waals surface area contributed by atoms with Gasteiger partial charge in [-0.05, 0) is 0 Å². The Bertz CT molecular complexity index is 75.1. The fraction of sp³-hybridized carbons (Fsp3) is 0.333. The molecule has 0 aliphatic carbocycles. The van der Waals surface area contributed by atoms with Crippen molar-refractivity contribution in [2.75, 3.05) is 0 Å². The van der Waals surface area contributed by atoms with Crippen molar-refractivity contribution in [2.45, 2.75) is 13.8 Å². The van der Waals surface area contributed by atoms with Gasteiger partial charge in [-0.1, -0.05) is 0 Å². The second-order valence-electron chi connectivity index (χ2n) is 1.04. The van der Waals surface area contributed by atoms with Crippen LogP contribution < -0.4 is 0 Å². The van der Waals surface area contributed by atoms with Gasteiger partial charge in [0.05, 0.1) is 0 Å². The minimum atomic E-state index is -0.833. The van der Waals surface area contributed by atoms with E-state index in [1.807, 2.05) is 0 Å². The summed E-state index contributed by atoms with van der Waals surface area (Å²) in [5, 5.41) is 14.8. The molecule has 6 N–H and O–H groups in total. The zero-order chi connectivity index (χ0) is 7.15. The van der Waals surface area contributed by atoms with Crippen LogP contribution in [0.25, 0.3) is 0 Å². The Morgan fingerprint density at radius 3 is 0.846 bits per heavy atom. The van der Waals surface area contributed by atoms with E-state index in [0.29, 0.717) is 0 Å². The van der Waals surface area contributed by atoms with Crippen LogP contribution >= 0.6 is 0 Å². The van der Waals surface area contributed by atoms with Crippen molar-refractivity contribution < 1.29 is 50.2 Å². The van der Waals surface area contributed by atoms with Crippen molar-refractivity contribution in [3.63, 3.8) is 0 Å². The Balaban J connectivity index is -0.00000000800. The smallest absolute Gasteiger partial charge is 0.481 e. The maximum atomic E-state index is 9.00. The van der Waals surface area contributed by atoms with Gasteiger partial charge in [-0.25, -0.2) is 0 Å². The van der Waals surface area contributed by atoms with Crippen LogP contribution in [0.3, 0.4) is 0 Å². The summed E-state index contributed by atoms with van der Waals surface area (Å²) in [5.74, 6) is -1.67. The molecule has 0 spiro atoms. The van der Waals surface area contributed by atoms with Crippen LogP contribution in [-0.4, -0.2) is 33.1 Å². The van der Waals surface area contributed by atoms with E-state index in [-0.39, 0.29) is 45.3 Å². The van der Waals surface area contributed by atoms with Crippen LogP contribution in [-0.2, 0) is 29.1 Å². The molecule has 0 aromatic heterocycles. The maximum Gasteiger partial charge on any atom is 2.00 e. The van der Waals surface area contributed by atoms with E-state index in [1.54, 1.807) is 0 Å². The third-order valence-electron chi connectivity index (χ3n) is 0. The standard InChI is InChI=1S/2C2H4O2.2CH3.2H2O.Zn/c2*1-2(3)4;;;;;/h2*1H3,(H,3,4);2*1H3;2*1H2;/q;;2*-1;;;+2. The first kappa shape index (κ1) is 54.7. The molecule has 0 unspecified atom stereocenters. The number of carboxylic acid groups (broad SMARTS) is 2. The summed E-state index contributed by atoms with van der Waals surface area (Å²) in [5.41, 5.74) is 0. The minimum Gasteiger partial charge on any atom is -0.481 e. The summed E-state index contributed by atoms with van der Waals surface area (Å²) in [7, 11) is 0. The quantitative estimate of drug-likeness (QED) is 0.440. The molecule has 0 saturated heterocycles. The van der Waals surface area contributed by atoms with Gasteiger partial charge in [0.15, 0.2) is 0 Å². The monoisotopic (exact) mass is 250 g/mol. The molecule has 0 fully saturated rings. The van der Waals surface area contributed by atoms with Crippen LogP contribution in [0.2, 0.25) is 0 Å². The van der Waals surface area contributed by atoms with Gasteiger partial charge in [0.1, 0.15) is 0 Å². The van der Waals surface area contributed by atoms with Gasteiger partial charge >= 0.3 is 19.5 Å². The van der Waals surface area contributed by atoms with E-state index in [9.17, 15) is 0 Å². The van der Waals surface area contributed by atoms with Crippen molar-refractivity contribution in [1.82, 2.24) is 0 Å². The molecule has 6 nitrogen and oxygen atoms in total. The molecule has 0 aliphatic rings. The second-order valence-corrected chi connectivity index (χ2v) is 1.04. The molecule has 0 aliphatic heterocycles. The molecule has 0 rings (SSSR count). The number of hydrogen-bond acceptors (Lipinski definition) is 2. The summed E-state index contributed by atoms with van der Waals surface area (Å²) >= 11 is 0. The van der Waals surface area contributed by atoms with E-state index in [4.69, 9.17) is 19.8 Å². The molecule has 0 aromatic carbocycles. The molecular formula is C6H18O6Zn. The van der Waals surface area contributed by atoms with Crippen LogP contribution in [0.15, 0.2) is 0 Å². The fourth-order valence-corrected chi connectivity index (χ4v) is 0. The van der Waals surface area contributed by atoms with E-state index >= 15 is 0 Å². The van der Waals surface area contributed by atoms with E-state index in [2.05, 4.69) is 0 Å². The van der Waals surface area contributed by atoms with Gasteiger partial charge < -0.3 is 36.0 Å². The van der Waals surface area contributed by atoms with Gasteiger partial charge in [0.2, 0.25) is 0 Å². The summed E-state index contributed by atoms with van der Waals surface area (Å²) in [6.45, 7) is 2.17. The maximum absolute atomic E-state index is 9.00. The summed E-state index contributed by atoms with van der Waals surface area (Å²) in [4.78, 5) is 18.0. The third-order valence-corrected chi connectivity index (χ3v) is 0. The van der Waals surface area contributed by atoms with E-state index < -0.39 is 11.9 Å². The van der Waals surface area contributed by atoms with Gasteiger partial charge in [0, 0.05) is 13.8 Å². The second kappa shape index (κ2) is 42.0. The fourth-order valence-electron chi connectivity index (χ4n) is 0.